The number of aryl methyl sites for hydroxylation is 1. The van der Waals surface area contributed by atoms with Crippen molar-refractivity contribution in [3.05, 3.63) is 48.0 Å². The van der Waals surface area contributed by atoms with Crippen molar-refractivity contribution in [3.8, 4) is 0 Å². The number of hydrogen-bond acceptors (Lipinski definition) is 2. The van der Waals surface area contributed by atoms with E-state index in [9.17, 15) is 4.79 Å². The fraction of sp³-hybridized carbons (Fsp3) is 0.389. The molecule has 1 heterocycles. The number of aliphatic carboxylic acids is 1. The van der Waals surface area contributed by atoms with Gasteiger partial charge in [0.15, 0.2) is 0 Å². The van der Waals surface area contributed by atoms with E-state index in [1.807, 2.05) is 0 Å². The fourth-order valence-electron chi connectivity index (χ4n) is 3.24. The molecule has 1 N–H and O–H groups in total. The molecule has 1 atom stereocenters. The topological polar surface area (TPSA) is 40.5 Å². The molecular formula is C18H21NO2. The fourth-order valence-corrected chi connectivity index (χ4v) is 3.24. The number of carboxylic acids is 1. The van der Waals surface area contributed by atoms with Gasteiger partial charge in [0.25, 0.3) is 0 Å². The molecule has 110 valence electrons. The first-order valence-corrected chi connectivity index (χ1v) is 7.66. The summed E-state index contributed by atoms with van der Waals surface area (Å²) in [5.41, 5.74) is 1.39. The number of carbonyl (C=O) groups is 1. The molecule has 2 aromatic rings. The van der Waals surface area contributed by atoms with Crippen LogP contribution in [0.2, 0.25) is 0 Å². The smallest absolute Gasteiger partial charge is 0.307 e. The van der Waals surface area contributed by atoms with Crippen LogP contribution in [0.25, 0.3) is 10.8 Å². The lowest BCUT2D eigenvalue weighted by Gasteiger charge is -2.15. The first-order chi connectivity index (χ1) is 10.2. The Bertz CT molecular complexity index is 633. The van der Waals surface area contributed by atoms with E-state index in [-0.39, 0.29) is 5.92 Å². The zero-order valence-corrected chi connectivity index (χ0v) is 12.2. The summed E-state index contributed by atoms with van der Waals surface area (Å²) < 4.78 is 0. The Hall–Kier alpha value is -1.87. The van der Waals surface area contributed by atoms with Crippen LogP contribution in [0.15, 0.2) is 42.5 Å². The SMILES string of the molecule is O=C(O)C1CCN(CCCc2cccc3ccccc23)C1. The summed E-state index contributed by atoms with van der Waals surface area (Å²) in [6.45, 7) is 2.63. The second-order valence-corrected chi connectivity index (χ2v) is 5.87. The standard InChI is InChI=1S/C18H21NO2/c20-18(21)16-10-12-19(13-16)11-4-8-15-7-3-6-14-5-1-2-9-17(14)15/h1-3,5-7,9,16H,4,8,10-13H2,(H,20,21). The highest BCUT2D eigenvalue weighted by Crippen LogP contribution is 2.21. The second-order valence-electron chi connectivity index (χ2n) is 5.87. The molecule has 0 aromatic heterocycles. The van der Waals surface area contributed by atoms with Gasteiger partial charge in [-0.2, -0.15) is 0 Å². The average Bonchev–Trinajstić information content (AvgIpc) is 2.97. The summed E-state index contributed by atoms with van der Waals surface area (Å²) in [5.74, 6) is -0.811. The van der Waals surface area contributed by atoms with E-state index in [4.69, 9.17) is 5.11 Å². The second kappa shape index (κ2) is 6.27. The number of hydrogen-bond donors (Lipinski definition) is 1. The Balaban J connectivity index is 1.57. The molecule has 3 heteroatoms. The molecule has 3 rings (SSSR count). The van der Waals surface area contributed by atoms with Crippen molar-refractivity contribution in [2.24, 2.45) is 5.92 Å². The summed E-state index contributed by atoms with van der Waals surface area (Å²) >= 11 is 0. The molecule has 1 aliphatic rings. The summed E-state index contributed by atoms with van der Waals surface area (Å²) in [5, 5.41) is 11.7. The van der Waals surface area contributed by atoms with Crippen molar-refractivity contribution in [2.75, 3.05) is 19.6 Å². The van der Waals surface area contributed by atoms with Crippen LogP contribution in [0, 0.1) is 5.92 Å². The van der Waals surface area contributed by atoms with Crippen molar-refractivity contribution in [3.63, 3.8) is 0 Å². The van der Waals surface area contributed by atoms with Crippen LogP contribution in [0.5, 0.6) is 0 Å². The van der Waals surface area contributed by atoms with Crippen LogP contribution in [0.4, 0.5) is 0 Å². The molecule has 1 saturated heterocycles. The van der Waals surface area contributed by atoms with E-state index in [0.29, 0.717) is 6.54 Å². The Morgan fingerprint density at radius 2 is 2.00 bits per heavy atom. The molecule has 3 nitrogen and oxygen atoms in total. The summed E-state index contributed by atoms with van der Waals surface area (Å²) in [4.78, 5) is 13.2. The van der Waals surface area contributed by atoms with Crippen molar-refractivity contribution < 1.29 is 9.90 Å². The third kappa shape index (κ3) is 3.24. The molecule has 1 aliphatic heterocycles. The van der Waals surface area contributed by atoms with E-state index in [2.05, 4.69) is 47.4 Å². The van der Waals surface area contributed by atoms with Gasteiger partial charge in [0.05, 0.1) is 5.92 Å². The Labute approximate surface area is 125 Å². The van der Waals surface area contributed by atoms with Gasteiger partial charge in [0, 0.05) is 6.54 Å². The van der Waals surface area contributed by atoms with Gasteiger partial charge in [0.1, 0.15) is 0 Å². The van der Waals surface area contributed by atoms with Crippen LogP contribution in [-0.4, -0.2) is 35.6 Å². The van der Waals surface area contributed by atoms with Crippen LogP contribution in [0.1, 0.15) is 18.4 Å². The van der Waals surface area contributed by atoms with Crippen LogP contribution in [0.3, 0.4) is 0 Å². The zero-order valence-electron chi connectivity index (χ0n) is 12.2. The monoisotopic (exact) mass is 283 g/mol. The minimum absolute atomic E-state index is 0.164. The van der Waals surface area contributed by atoms with Crippen LogP contribution in [-0.2, 0) is 11.2 Å². The number of nitrogens with zero attached hydrogens (tertiary/aromatic N) is 1. The van der Waals surface area contributed by atoms with E-state index >= 15 is 0 Å². The van der Waals surface area contributed by atoms with Gasteiger partial charge in [-0.3, -0.25) is 4.79 Å². The van der Waals surface area contributed by atoms with E-state index in [1.165, 1.54) is 16.3 Å². The zero-order chi connectivity index (χ0) is 14.7. The van der Waals surface area contributed by atoms with Crippen molar-refractivity contribution in [1.29, 1.82) is 0 Å². The van der Waals surface area contributed by atoms with E-state index in [1.54, 1.807) is 0 Å². The van der Waals surface area contributed by atoms with E-state index < -0.39 is 5.97 Å². The highest BCUT2D eigenvalue weighted by molar-refractivity contribution is 5.85. The van der Waals surface area contributed by atoms with Gasteiger partial charge in [-0.25, -0.2) is 0 Å². The maximum atomic E-state index is 11.0. The third-order valence-corrected chi connectivity index (χ3v) is 4.42. The Morgan fingerprint density at radius 1 is 1.19 bits per heavy atom. The van der Waals surface area contributed by atoms with E-state index in [0.717, 1.165) is 32.4 Å². The van der Waals surface area contributed by atoms with Crippen LogP contribution >= 0.6 is 0 Å². The number of fused-ring (bicyclic) bond motifs is 1. The predicted molar refractivity (Wildman–Crippen MR) is 84.5 cm³/mol. The number of rotatable bonds is 5. The molecule has 0 saturated carbocycles. The lowest BCUT2D eigenvalue weighted by atomic mass is 10.0. The number of benzene rings is 2. The maximum absolute atomic E-state index is 11.0. The average molecular weight is 283 g/mol. The third-order valence-electron chi connectivity index (χ3n) is 4.42. The van der Waals surface area contributed by atoms with Gasteiger partial charge in [0.2, 0.25) is 0 Å². The molecule has 0 bridgehead atoms. The largest absolute Gasteiger partial charge is 0.481 e. The molecule has 0 radical (unpaired) electrons. The molecule has 1 unspecified atom stereocenters. The maximum Gasteiger partial charge on any atom is 0.307 e. The van der Waals surface area contributed by atoms with Gasteiger partial charge in [-0.15, -0.1) is 0 Å². The molecule has 2 aromatic carbocycles. The van der Waals surface area contributed by atoms with Gasteiger partial charge < -0.3 is 10.0 Å². The summed E-state index contributed by atoms with van der Waals surface area (Å²) in [6.07, 6.45) is 2.93. The Kier molecular flexibility index (Phi) is 4.20. The first kappa shape index (κ1) is 14.1. The van der Waals surface area contributed by atoms with Crippen molar-refractivity contribution in [1.82, 2.24) is 4.90 Å². The molecule has 0 aliphatic carbocycles. The summed E-state index contributed by atoms with van der Waals surface area (Å²) in [7, 11) is 0. The molecule has 0 amide bonds. The summed E-state index contributed by atoms with van der Waals surface area (Å²) in [6, 6.07) is 15.0. The molecule has 1 fully saturated rings. The van der Waals surface area contributed by atoms with Gasteiger partial charge in [-0.1, -0.05) is 42.5 Å². The number of likely N-dealkylation sites (tertiary alicyclic amines) is 1. The van der Waals surface area contributed by atoms with Crippen molar-refractivity contribution in [2.45, 2.75) is 19.3 Å². The van der Waals surface area contributed by atoms with Gasteiger partial charge >= 0.3 is 5.97 Å². The highest BCUT2D eigenvalue weighted by Gasteiger charge is 2.27. The molecule has 21 heavy (non-hydrogen) atoms. The predicted octanol–water partition coefficient (Wildman–Crippen LogP) is 3.18. The quantitative estimate of drug-likeness (QED) is 0.916. The Morgan fingerprint density at radius 3 is 2.81 bits per heavy atom. The minimum Gasteiger partial charge on any atom is -0.481 e. The minimum atomic E-state index is -0.647. The first-order valence-electron chi connectivity index (χ1n) is 7.66. The lowest BCUT2D eigenvalue weighted by Crippen LogP contribution is -2.24. The normalized spacial score (nSPS) is 19.1. The van der Waals surface area contributed by atoms with Gasteiger partial charge in [-0.05, 0) is 48.7 Å². The van der Waals surface area contributed by atoms with Crippen LogP contribution < -0.4 is 0 Å². The van der Waals surface area contributed by atoms with Crippen molar-refractivity contribution >= 4 is 16.7 Å². The molecule has 0 spiro atoms. The molecular weight excluding hydrogens is 262 g/mol. The highest BCUT2D eigenvalue weighted by atomic mass is 16.4. The number of carboxylic acid groups (broad SMARTS) is 1. The lowest BCUT2D eigenvalue weighted by molar-refractivity contribution is -0.141.